The molecule has 0 aliphatic heterocycles. The monoisotopic (exact) mass is 416 g/mol. The molecule has 2 nitrogen and oxygen atoms in total. The van der Waals surface area contributed by atoms with Crippen molar-refractivity contribution >= 4 is 31.9 Å². The fraction of sp³-hybridized carbons (Fsp3) is 0.250. The zero-order valence-electron chi connectivity index (χ0n) is 11.7. The minimum Gasteiger partial charge on any atom is -0.493 e. The van der Waals surface area contributed by atoms with Crippen LogP contribution in [0.3, 0.4) is 0 Å². The lowest BCUT2D eigenvalue weighted by Crippen LogP contribution is -1.99. The highest BCUT2D eigenvalue weighted by Gasteiger charge is 2.15. The predicted octanol–water partition coefficient (Wildman–Crippen LogP) is 5.28. The molecule has 5 heteroatoms. The van der Waals surface area contributed by atoms with Crippen LogP contribution in [0.2, 0.25) is 0 Å². The molecule has 0 spiro atoms. The van der Waals surface area contributed by atoms with Crippen molar-refractivity contribution in [3.63, 3.8) is 0 Å². The molecule has 0 fully saturated rings. The smallest absolute Gasteiger partial charge is 0.160 e. The molecule has 0 saturated heterocycles. The van der Waals surface area contributed by atoms with Gasteiger partial charge in [0.05, 0.1) is 18.7 Å². The molecule has 1 unspecified atom stereocenters. The molecule has 0 bridgehead atoms. The molecule has 1 atom stereocenters. The van der Waals surface area contributed by atoms with E-state index in [9.17, 15) is 4.39 Å². The summed E-state index contributed by atoms with van der Waals surface area (Å²) in [5.74, 6) is 1.12. The van der Waals surface area contributed by atoms with Gasteiger partial charge in [0, 0.05) is 4.83 Å². The lowest BCUT2D eigenvalue weighted by molar-refractivity contribution is 0.354. The van der Waals surface area contributed by atoms with Crippen molar-refractivity contribution in [1.82, 2.24) is 0 Å². The molecule has 0 aliphatic rings. The van der Waals surface area contributed by atoms with Crippen molar-refractivity contribution in [3.05, 3.63) is 57.8 Å². The van der Waals surface area contributed by atoms with Gasteiger partial charge in [-0.2, -0.15) is 0 Å². The Morgan fingerprint density at radius 1 is 1.10 bits per heavy atom. The normalized spacial score (nSPS) is 12.0. The minimum absolute atomic E-state index is 0.000626. The minimum atomic E-state index is -0.260. The van der Waals surface area contributed by atoms with Gasteiger partial charge in [-0.05, 0) is 51.7 Å². The number of hydrogen-bond acceptors (Lipinski definition) is 2. The van der Waals surface area contributed by atoms with E-state index in [1.165, 1.54) is 6.07 Å². The predicted molar refractivity (Wildman–Crippen MR) is 89.0 cm³/mol. The van der Waals surface area contributed by atoms with Gasteiger partial charge >= 0.3 is 0 Å². The quantitative estimate of drug-likeness (QED) is 0.615. The summed E-state index contributed by atoms with van der Waals surface area (Å²) >= 11 is 6.92. The van der Waals surface area contributed by atoms with Crippen molar-refractivity contribution in [1.29, 1.82) is 0 Å². The molecular formula is C16H15Br2FO2. The van der Waals surface area contributed by atoms with E-state index in [1.807, 2.05) is 24.3 Å². The van der Waals surface area contributed by atoms with Gasteiger partial charge in [-0.25, -0.2) is 4.39 Å². The van der Waals surface area contributed by atoms with Gasteiger partial charge in [0.15, 0.2) is 11.5 Å². The van der Waals surface area contributed by atoms with Crippen LogP contribution >= 0.6 is 31.9 Å². The van der Waals surface area contributed by atoms with Crippen molar-refractivity contribution in [2.24, 2.45) is 0 Å². The van der Waals surface area contributed by atoms with Gasteiger partial charge in [0.25, 0.3) is 0 Å². The molecule has 0 aromatic heterocycles. The van der Waals surface area contributed by atoms with Crippen LogP contribution in [0.25, 0.3) is 0 Å². The Morgan fingerprint density at radius 2 is 1.81 bits per heavy atom. The standard InChI is InChI=1S/C16H15Br2FO2/c1-20-14-7-6-10(9-15(14)21-2)8-12(17)11-4-3-5-13(19)16(11)18/h3-7,9,12H,8H2,1-2H3. The first-order valence-electron chi connectivity index (χ1n) is 6.35. The second-order valence-corrected chi connectivity index (χ2v) is 6.40. The van der Waals surface area contributed by atoms with Crippen LogP contribution < -0.4 is 9.47 Å². The molecular weight excluding hydrogens is 403 g/mol. The van der Waals surface area contributed by atoms with E-state index < -0.39 is 0 Å². The van der Waals surface area contributed by atoms with E-state index in [4.69, 9.17) is 9.47 Å². The van der Waals surface area contributed by atoms with Crippen LogP contribution in [0.15, 0.2) is 40.9 Å². The fourth-order valence-electron chi connectivity index (χ4n) is 2.09. The molecule has 0 saturated carbocycles. The first-order chi connectivity index (χ1) is 10.1. The van der Waals surface area contributed by atoms with E-state index in [0.717, 1.165) is 11.1 Å². The number of ether oxygens (including phenoxy) is 2. The Balaban J connectivity index is 2.23. The molecule has 0 N–H and O–H groups in total. The molecule has 112 valence electrons. The third kappa shape index (κ3) is 3.77. The average Bonchev–Trinajstić information content (AvgIpc) is 2.49. The summed E-state index contributed by atoms with van der Waals surface area (Å²) in [5, 5.41) is 0. The maximum absolute atomic E-state index is 13.6. The summed E-state index contributed by atoms with van der Waals surface area (Å²) in [7, 11) is 3.21. The van der Waals surface area contributed by atoms with E-state index >= 15 is 0 Å². The molecule has 2 aromatic rings. The zero-order chi connectivity index (χ0) is 15.4. The summed E-state index contributed by atoms with van der Waals surface area (Å²) < 4.78 is 24.6. The summed E-state index contributed by atoms with van der Waals surface area (Å²) in [4.78, 5) is 0.000626. The third-order valence-corrected chi connectivity index (χ3v) is 4.84. The third-order valence-electron chi connectivity index (χ3n) is 3.18. The van der Waals surface area contributed by atoms with Gasteiger partial charge in [-0.1, -0.05) is 34.1 Å². The number of hydrogen-bond donors (Lipinski definition) is 0. The summed E-state index contributed by atoms with van der Waals surface area (Å²) in [6.45, 7) is 0. The highest BCUT2D eigenvalue weighted by atomic mass is 79.9. The van der Waals surface area contributed by atoms with Crippen molar-refractivity contribution in [2.75, 3.05) is 14.2 Å². The van der Waals surface area contributed by atoms with Crippen LogP contribution in [0.5, 0.6) is 11.5 Å². The van der Waals surface area contributed by atoms with Crippen LogP contribution in [0, 0.1) is 5.82 Å². The van der Waals surface area contributed by atoms with E-state index in [2.05, 4.69) is 31.9 Å². The van der Waals surface area contributed by atoms with Crippen molar-refractivity contribution < 1.29 is 13.9 Å². The molecule has 0 radical (unpaired) electrons. The number of benzene rings is 2. The number of halogens is 3. The van der Waals surface area contributed by atoms with Crippen LogP contribution in [-0.2, 0) is 6.42 Å². The summed E-state index contributed by atoms with van der Waals surface area (Å²) in [6, 6.07) is 10.8. The number of alkyl halides is 1. The van der Waals surface area contributed by atoms with Crippen LogP contribution in [-0.4, -0.2) is 14.2 Å². The van der Waals surface area contributed by atoms with Crippen LogP contribution in [0.4, 0.5) is 4.39 Å². The van der Waals surface area contributed by atoms with E-state index in [1.54, 1.807) is 20.3 Å². The second-order valence-electron chi connectivity index (χ2n) is 4.50. The van der Waals surface area contributed by atoms with Crippen LogP contribution in [0.1, 0.15) is 16.0 Å². The SMILES string of the molecule is COc1ccc(CC(Br)c2cccc(F)c2Br)cc1OC. The molecule has 0 amide bonds. The zero-order valence-corrected chi connectivity index (χ0v) is 14.9. The molecule has 2 aromatic carbocycles. The highest BCUT2D eigenvalue weighted by molar-refractivity contribution is 9.11. The maximum Gasteiger partial charge on any atom is 0.160 e. The van der Waals surface area contributed by atoms with Crippen molar-refractivity contribution in [2.45, 2.75) is 11.2 Å². The summed E-state index contributed by atoms with van der Waals surface area (Å²) in [6.07, 6.45) is 0.711. The fourth-order valence-corrected chi connectivity index (χ4v) is 3.69. The lowest BCUT2D eigenvalue weighted by atomic mass is 10.0. The van der Waals surface area contributed by atoms with Gasteiger partial charge in [-0.15, -0.1) is 0 Å². The Bertz CT molecular complexity index is 632. The first-order valence-corrected chi connectivity index (χ1v) is 8.06. The Kier molecular flexibility index (Phi) is 5.65. The highest BCUT2D eigenvalue weighted by Crippen LogP contribution is 2.35. The van der Waals surface area contributed by atoms with Gasteiger partial charge < -0.3 is 9.47 Å². The van der Waals surface area contributed by atoms with Gasteiger partial charge in [-0.3, -0.25) is 0 Å². The van der Waals surface area contributed by atoms with E-state index in [0.29, 0.717) is 22.4 Å². The number of rotatable bonds is 5. The lowest BCUT2D eigenvalue weighted by Gasteiger charge is -2.14. The maximum atomic E-state index is 13.6. The second kappa shape index (κ2) is 7.27. The Morgan fingerprint density at radius 3 is 2.48 bits per heavy atom. The molecule has 2 rings (SSSR count). The Hall–Kier alpha value is -1.07. The first kappa shape index (κ1) is 16.3. The summed E-state index contributed by atoms with van der Waals surface area (Å²) in [5.41, 5.74) is 1.95. The Labute approximate surface area is 140 Å². The average molecular weight is 418 g/mol. The topological polar surface area (TPSA) is 18.5 Å². The van der Waals surface area contributed by atoms with Gasteiger partial charge in [0.2, 0.25) is 0 Å². The molecule has 21 heavy (non-hydrogen) atoms. The number of methoxy groups -OCH3 is 2. The molecule has 0 heterocycles. The largest absolute Gasteiger partial charge is 0.493 e. The van der Waals surface area contributed by atoms with E-state index in [-0.39, 0.29) is 10.6 Å². The van der Waals surface area contributed by atoms with Crippen molar-refractivity contribution in [3.8, 4) is 11.5 Å². The van der Waals surface area contributed by atoms with Gasteiger partial charge in [0.1, 0.15) is 5.82 Å². The molecule has 0 aliphatic carbocycles.